The number of carbonyl (C=O) groups is 2. The molecule has 3 rings (SSSR count). The first-order chi connectivity index (χ1) is 15.5. The standard InChI is InChI=1S/C23H21F2N3O4S/c1-15-9-10-20(13-21(15)25)33(31,32)27-19-8-3-5-16(11-19)23(30)28(2)14-22(29)26-18-7-4-6-17(24)12-18/h3-13,27H,14H2,1-2H3,(H,26,29). The monoisotopic (exact) mass is 473 g/mol. The van der Waals surface area contributed by atoms with Crippen molar-refractivity contribution in [1.29, 1.82) is 0 Å². The number of rotatable bonds is 7. The first kappa shape index (κ1) is 23.9. The minimum absolute atomic E-state index is 0.0967. The average Bonchev–Trinajstić information content (AvgIpc) is 2.74. The van der Waals surface area contributed by atoms with E-state index in [2.05, 4.69) is 10.0 Å². The van der Waals surface area contributed by atoms with Gasteiger partial charge in [0.15, 0.2) is 0 Å². The summed E-state index contributed by atoms with van der Waals surface area (Å²) in [6, 6.07) is 14.6. The van der Waals surface area contributed by atoms with Gasteiger partial charge in [-0.25, -0.2) is 17.2 Å². The fourth-order valence-corrected chi connectivity index (χ4v) is 4.01. The minimum atomic E-state index is -4.08. The minimum Gasteiger partial charge on any atom is -0.332 e. The molecule has 0 aliphatic heterocycles. The molecule has 2 amide bonds. The Morgan fingerprint density at radius 3 is 2.33 bits per heavy atom. The number of sulfonamides is 1. The molecule has 3 aromatic carbocycles. The van der Waals surface area contributed by atoms with Crippen LogP contribution in [0.1, 0.15) is 15.9 Å². The maximum atomic E-state index is 13.8. The Kier molecular flexibility index (Phi) is 7.07. The highest BCUT2D eigenvalue weighted by atomic mass is 32.2. The highest BCUT2D eigenvalue weighted by Crippen LogP contribution is 2.20. The number of likely N-dealkylation sites (N-methyl/N-ethyl adjacent to an activating group) is 1. The van der Waals surface area contributed by atoms with E-state index in [9.17, 15) is 26.8 Å². The molecule has 0 radical (unpaired) electrons. The highest BCUT2D eigenvalue weighted by molar-refractivity contribution is 7.92. The lowest BCUT2D eigenvalue weighted by atomic mass is 10.2. The van der Waals surface area contributed by atoms with E-state index >= 15 is 0 Å². The third-order valence-corrected chi connectivity index (χ3v) is 6.03. The topological polar surface area (TPSA) is 95.6 Å². The van der Waals surface area contributed by atoms with Gasteiger partial charge in [0.25, 0.3) is 15.9 Å². The van der Waals surface area contributed by atoms with Crippen molar-refractivity contribution >= 4 is 33.2 Å². The van der Waals surface area contributed by atoms with Gasteiger partial charge in [-0.2, -0.15) is 0 Å². The van der Waals surface area contributed by atoms with Crippen LogP contribution in [0.2, 0.25) is 0 Å². The largest absolute Gasteiger partial charge is 0.332 e. The van der Waals surface area contributed by atoms with Crippen LogP contribution in [-0.2, 0) is 14.8 Å². The van der Waals surface area contributed by atoms with Crippen molar-refractivity contribution in [3.63, 3.8) is 0 Å². The summed E-state index contributed by atoms with van der Waals surface area (Å²) in [6.07, 6.45) is 0. The number of carbonyl (C=O) groups excluding carboxylic acids is 2. The van der Waals surface area contributed by atoms with Gasteiger partial charge in [-0.15, -0.1) is 0 Å². The molecule has 10 heteroatoms. The Labute approximate surface area is 190 Å². The van der Waals surface area contributed by atoms with Crippen LogP contribution in [-0.4, -0.2) is 38.7 Å². The first-order valence-corrected chi connectivity index (χ1v) is 11.2. The van der Waals surface area contributed by atoms with Gasteiger partial charge in [0.1, 0.15) is 11.6 Å². The first-order valence-electron chi connectivity index (χ1n) is 9.75. The molecule has 0 atom stereocenters. The van der Waals surface area contributed by atoms with Crippen LogP contribution in [0.4, 0.5) is 20.2 Å². The zero-order chi connectivity index (χ0) is 24.2. The predicted octanol–water partition coefficient (Wildman–Crippen LogP) is 3.78. The van der Waals surface area contributed by atoms with Crippen molar-refractivity contribution in [2.24, 2.45) is 0 Å². The maximum Gasteiger partial charge on any atom is 0.261 e. The lowest BCUT2D eigenvalue weighted by Crippen LogP contribution is -2.35. The Bertz CT molecular complexity index is 1310. The summed E-state index contributed by atoms with van der Waals surface area (Å²) in [7, 11) is -2.68. The molecule has 7 nitrogen and oxygen atoms in total. The summed E-state index contributed by atoms with van der Waals surface area (Å²) in [5.41, 5.74) is 0.793. The molecular formula is C23H21F2N3O4S. The van der Waals surface area contributed by atoms with Crippen LogP contribution < -0.4 is 10.0 Å². The Morgan fingerprint density at radius 2 is 1.64 bits per heavy atom. The van der Waals surface area contributed by atoms with Gasteiger partial charge >= 0.3 is 0 Å². The number of amides is 2. The second-order valence-electron chi connectivity index (χ2n) is 7.32. The summed E-state index contributed by atoms with van der Waals surface area (Å²) in [6.45, 7) is 1.21. The molecule has 2 N–H and O–H groups in total. The number of anilines is 2. The van der Waals surface area contributed by atoms with Gasteiger partial charge in [0.05, 0.1) is 11.4 Å². The zero-order valence-electron chi connectivity index (χ0n) is 17.8. The van der Waals surface area contributed by atoms with E-state index in [4.69, 9.17) is 0 Å². The lowest BCUT2D eigenvalue weighted by molar-refractivity contribution is -0.116. The summed E-state index contributed by atoms with van der Waals surface area (Å²) >= 11 is 0. The normalized spacial score (nSPS) is 11.0. The molecule has 0 aliphatic carbocycles. The molecule has 0 bridgehead atoms. The van der Waals surface area contributed by atoms with Crippen molar-refractivity contribution in [1.82, 2.24) is 4.90 Å². The lowest BCUT2D eigenvalue weighted by Gasteiger charge is -2.17. The van der Waals surface area contributed by atoms with Crippen LogP contribution in [0.5, 0.6) is 0 Å². The second kappa shape index (κ2) is 9.78. The number of halogens is 2. The van der Waals surface area contributed by atoms with E-state index in [0.29, 0.717) is 5.56 Å². The van der Waals surface area contributed by atoms with Crippen LogP contribution in [0, 0.1) is 18.6 Å². The number of nitrogens with zero attached hydrogens (tertiary/aromatic N) is 1. The van der Waals surface area contributed by atoms with Gasteiger partial charge in [-0.1, -0.05) is 18.2 Å². The third kappa shape index (κ3) is 6.13. The molecule has 0 fully saturated rings. The highest BCUT2D eigenvalue weighted by Gasteiger charge is 2.19. The molecule has 0 spiro atoms. The number of hydrogen-bond acceptors (Lipinski definition) is 4. The van der Waals surface area contributed by atoms with E-state index in [0.717, 1.165) is 17.0 Å². The summed E-state index contributed by atoms with van der Waals surface area (Å²) in [5, 5.41) is 2.49. The number of aryl methyl sites for hydroxylation is 1. The number of benzene rings is 3. The Morgan fingerprint density at radius 1 is 0.939 bits per heavy atom. The van der Waals surface area contributed by atoms with Gasteiger partial charge in [0, 0.05) is 24.0 Å². The van der Waals surface area contributed by atoms with Crippen molar-refractivity contribution in [2.75, 3.05) is 23.6 Å². The van der Waals surface area contributed by atoms with Crippen LogP contribution in [0.3, 0.4) is 0 Å². The molecule has 33 heavy (non-hydrogen) atoms. The van der Waals surface area contributed by atoms with E-state index in [1.165, 1.54) is 68.6 Å². The molecule has 0 heterocycles. The zero-order valence-corrected chi connectivity index (χ0v) is 18.6. The Balaban J connectivity index is 1.69. The Hall–Kier alpha value is -3.79. The van der Waals surface area contributed by atoms with Gasteiger partial charge in [0.2, 0.25) is 5.91 Å². The summed E-state index contributed by atoms with van der Waals surface area (Å²) in [5.74, 6) is -2.23. The molecule has 3 aromatic rings. The van der Waals surface area contributed by atoms with Crippen LogP contribution in [0.15, 0.2) is 71.6 Å². The van der Waals surface area contributed by atoms with Gasteiger partial charge < -0.3 is 10.2 Å². The van der Waals surface area contributed by atoms with Crippen molar-refractivity contribution in [3.8, 4) is 0 Å². The third-order valence-electron chi connectivity index (χ3n) is 4.65. The van der Waals surface area contributed by atoms with E-state index in [1.807, 2.05) is 0 Å². The molecule has 0 saturated heterocycles. The maximum absolute atomic E-state index is 13.8. The summed E-state index contributed by atoms with van der Waals surface area (Å²) < 4.78 is 54.5. The number of nitrogens with one attached hydrogen (secondary N) is 2. The molecule has 0 aromatic heterocycles. The number of hydrogen-bond donors (Lipinski definition) is 2. The molecule has 0 unspecified atom stereocenters. The molecule has 0 aliphatic rings. The second-order valence-corrected chi connectivity index (χ2v) is 9.00. The molecule has 0 saturated carbocycles. The van der Waals surface area contributed by atoms with Gasteiger partial charge in [-0.3, -0.25) is 14.3 Å². The van der Waals surface area contributed by atoms with E-state index in [1.54, 1.807) is 0 Å². The van der Waals surface area contributed by atoms with Crippen LogP contribution in [0.25, 0.3) is 0 Å². The quantitative estimate of drug-likeness (QED) is 0.546. The van der Waals surface area contributed by atoms with Crippen molar-refractivity contribution in [3.05, 3.63) is 89.5 Å². The average molecular weight is 474 g/mol. The van der Waals surface area contributed by atoms with Gasteiger partial charge in [-0.05, 0) is 61.0 Å². The molecule has 172 valence electrons. The summed E-state index contributed by atoms with van der Waals surface area (Å²) in [4.78, 5) is 25.8. The van der Waals surface area contributed by atoms with E-state index in [-0.39, 0.29) is 28.4 Å². The predicted molar refractivity (Wildman–Crippen MR) is 120 cm³/mol. The van der Waals surface area contributed by atoms with Crippen molar-refractivity contribution < 1.29 is 26.8 Å². The molecular weight excluding hydrogens is 452 g/mol. The smallest absolute Gasteiger partial charge is 0.261 e. The fourth-order valence-electron chi connectivity index (χ4n) is 2.94. The van der Waals surface area contributed by atoms with Crippen molar-refractivity contribution in [2.45, 2.75) is 11.8 Å². The van der Waals surface area contributed by atoms with E-state index < -0.39 is 33.5 Å². The fraction of sp³-hybridized carbons (Fsp3) is 0.130. The van der Waals surface area contributed by atoms with Crippen LogP contribution >= 0.6 is 0 Å². The SMILES string of the molecule is Cc1ccc(S(=O)(=O)Nc2cccc(C(=O)N(C)CC(=O)Nc3cccc(F)c3)c2)cc1F.